The molecule has 3 rings (SSSR count). The highest BCUT2D eigenvalue weighted by atomic mass is 19.1. The highest BCUT2D eigenvalue weighted by molar-refractivity contribution is 5.97. The van der Waals surface area contributed by atoms with Crippen molar-refractivity contribution in [1.29, 1.82) is 0 Å². The molecule has 0 aliphatic carbocycles. The number of carbonyl (C=O) groups is 1. The molecular formula is C22H27FN2O. The fourth-order valence-electron chi connectivity index (χ4n) is 4.09. The average molecular weight is 354 g/mol. The number of hydrogen-bond acceptors (Lipinski definition) is 3. The number of piperazine rings is 1. The molecule has 138 valence electrons. The van der Waals surface area contributed by atoms with Crippen molar-refractivity contribution in [1.82, 2.24) is 4.90 Å². The molecule has 0 N–H and O–H groups in total. The number of aryl methyl sites for hydroxylation is 2. The molecule has 4 heteroatoms. The van der Waals surface area contributed by atoms with E-state index in [-0.39, 0.29) is 11.6 Å². The minimum Gasteiger partial charge on any atom is -0.367 e. The molecule has 2 aromatic rings. The van der Waals surface area contributed by atoms with E-state index >= 15 is 0 Å². The number of rotatable bonds is 4. The third kappa shape index (κ3) is 3.65. The van der Waals surface area contributed by atoms with Crippen molar-refractivity contribution < 1.29 is 9.18 Å². The van der Waals surface area contributed by atoms with Crippen molar-refractivity contribution in [2.45, 2.75) is 34.2 Å². The fourth-order valence-corrected chi connectivity index (χ4v) is 4.09. The number of anilines is 1. The number of ketones is 1. The van der Waals surface area contributed by atoms with Gasteiger partial charge in [-0.2, -0.15) is 0 Å². The predicted octanol–water partition coefficient (Wildman–Crippen LogP) is 4.28. The molecule has 0 bridgehead atoms. The van der Waals surface area contributed by atoms with Gasteiger partial charge in [-0.25, -0.2) is 4.39 Å². The van der Waals surface area contributed by atoms with Crippen LogP contribution >= 0.6 is 0 Å². The monoisotopic (exact) mass is 354 g/mol. The first-order valence-corrected chi connectivity index (χ1v) is 9.21. The van der Waals surface area contributed by atoms with Crippen LogP contribution in [0.3, 0.4) is 0 Å². The number of hydrogen-bond donors (Lipinski definition) is 0. The molecule has 1 saturated heterocycles. The van der Waals surface area contributed by atoms with Gasteiger partial charge in [0, 0.05) is 38.3 Å². The first-order valence-electron chi connectivity index (χ1n) is 9.21. The van der Waals surface area contributed by atoms with Crippen molar-refractivity contribution in [3.05, 3.63) is 64.0 Å². The fraction of sp³-hybridized carbons (Fsp3) is 0.409. The van der Waals surface area contributed by atoms with Crippen LogP contribution in [0.1, 0.15) is 39.5 Å². The van der Waals surface area contributed by atoms with Gasteiger partial charge in [0.05, 0.1) is 5.69 Å². The largest absolute Gasteiger partial charge is 0.367 e. The van der Waals surface area contributed by atoms with Gasteiger partial charge in [0.25, 0.3) is 0 Å². The van der Waals surface area contributed by atoms with E-state index in [4.69, 9.17) is 0 Å². The maximum absolute atomic E-state index is 14.0. The molecule has 0 unspecified atom stereocenters. The molecule has 1 heterocycles. The summed E-state index contributed by atoms with van der Waals surface area (Å²) >= 11 is 0. The van der Waals surface area contributed by atoms with E-state index in [9.17, 15) is 9.18 Å². The maximum Gasteiger partial charge on any atom is 0.160 e. The Balaban J connectivity index is 1.73. The van der Waals surface area contributed by atoms with Crippen LogP contribution in [0.5, 0.6) is 0 Å². The Kier molecular flexibility index (Phi) is 5.42. The van der Waals surface area contributed by atoms with Crippen LogP contribution in [0.25, 0.3) is 0 Å². The summed E-state index contributed by atoms with van der Waals surface area (Å²) in [6.07, 6.45) is 0. The van der Waals surface area contributed by atoms with Gasteiger partial charge >= 0.3 is 0 Å². The Morgan fingerprint density at radius 1 is 1.04 bits per heavy atom. The average Bonchev–Trinajstić information content (AvgIpc) is 2.59. The van der Waals surface area contributed by atoms with Gasteiger partial charge in [-0.05, 0) is 62.1 Å². The summed E-state index contributed by atoms with van der Waals surface area (Å²) in [5, 5.41) is 0. The van der Waals surface area contributed by atoms with Crippen LogP contribution < -0.4 is 4.90 Å². The van der Waals surface area contributed by atoms with Crippen LogP contribution in [-0.2, 0) is 6.54 Å². The summed E-state index contributed by atoms with van der Waals surface area (Å²) in [6.45, 7) is 12.1. The molecular weight excluding hydrogens is 327 g/mol. The second-order valence-electron chi connectivity index (χ2n) is 7.26. The number of halogens is 1. The van der Waals surface area contributed by atoms with Crippen LogP contribution in [0.2, 0.25) is 0 Å². The Morgan fingerprint density at radius 2 is 1.69 bits per heavy atom. The topological polar surface area (TPSA) is 23.6 Å². The number of Topliss-reactive ketones (excluding diaryl/α,β-unsaturated/α-hetero) is 1. The van der Waals surface area contributed by atoms with E-state index in [1.807, 2.05) is 19.1 Å². The molecule has 0 spiro atoms. The normalized spacial score (nSPS) is 15.3. The number of nitrogens with zero attached hydrogens (tertiary/aromatic N) is 2. The Morgan fingerprint density at radius 3 is 2.31 bits per heavy atom. The second-order valence-corrected chi connectivity index (χ2v) is 7.26. The van der Waals surface area contributed by atoms with Gasteiger partial charge in [0.2, 0.25) is 0 Å². The summed E-state index contributed by atoms with van der Waals surface area (Å²) in [4.78, 5) is 16.5. The zero-order valence-electron chi connectivity index (χ0n) is 16.1. The lowest BCUT2D eigenvalue weighted by Crippen LogP contribution is -2.46. The molecule has 0 amide bonds. The third-order valence-electron chi connectivity index (χ3n) is 5.43. The lowest BCUT2D eigenvalue weighted by molar-refractivity contribution is 0.101. The van der Waals surface area contributed by atoms with Crippen molar-refractivity contribution in [3.63, 3.8) is 0 Å². The molecule has 0 aromatic heterocycles. The molecule has 26 heavy (non-hydrogen) atoms. The van der Waals surface area contributed by atoms with E-state index in [2.05, 4.69) is 29.7 Å². The third-order valence-corrected chi connectivity index (χ3v) is 5.43. The van der Waals surface area contributed by atoms with Crippen molar-refractivity contribution in [2.24, 2.45) is 0 Å². The van der Waals surface area contributed by atoms with Crippen LogP contribution in [-0.4, -0.2) is 36.9 Å². The van der Waals surface area contributed by atoms with Crippen LogP contribution in [0.15, 0.2) is 30.3 Å². The van der Waals surface area contributed by atoms with Gasteiger partial charge in [-0.3, -0.25) is 9.69 Å². The van der Waals surface area contributed by atoms with E-state index in [0.29, 0.717) is 5.69 Å². The summed E-state index contributed by atoms with van der Waals surface area (Å²) in [5.74, 6) is -0.0251. The van der Waals surface area contributed by atoms with Crippen molar-refractivity contribution in [3.8, 4) is 0 Å². The van der Waals surface area contributed by atoms with Gasteiger partial charge in [-0.1, -0.05) is 18.2 Å². The molecule has 1 aliphatic rings. The van der Waals surface area contributed by atoms with Gasteiger partial charge < -0.3 is 4.90 Å². The molecule has 1 aliphatic heterocycles. The number of benzene rings is 2. The Hall–Kier alpha value is -2.20. The van der Waals surface area contributed by atoms with Gasteiger partial charge in [-0.15, -0.1) is 0 Å². The molecule has 3 nitrogen and oxygen atoms in total. The predicted molar refractivity (Wildman–Crippen MR) is 105 cm³/mol. The van der Waals surface area contributed by atoms with E-state index in [1.165, 1.54) is 17.2 Å². The summed E-state index contributed by atoms with van der Waals surface area (Å²) in [6, 6.07) is 9.09. The zero-order valence-corrected chi connectivity index (χ0v) is 16.1. The maximum atomic E-state index is 14.0. The lowest BCUT2D eigenvalue weighted by Gasteiger charge is -2.36. The minimum absolute atomic E-state index is 0.130. The SMILES string of the molecule is CC(=O)c1c(C)cc(C)c(CN2CCN(c3ccccc3F)CC2)c1C. The first-order chi connectivity index (χ1) is 12.4. The number of para-hydroxylation sites is 1. The van der Waals surface area contributed by atoms with Crippen LogP contribution in [0, 0.1) is 26.6 Å². The second kappa shape index (κ2) is 7.58. The molecule has 2 aromatic carbocycles. The van der Waals surface area contributed by atoms with E-state index < -0.39 is 0 Å². The highest BCUT2D eigenvalue weighted by Gasteiger charge is 2.21. The standard InChI is InChI=1S/C22H27FN2O/c1-15-13-16(2)22(18(4)26)17(3)19(15)14-24-9-11-25(12-10-24)21-8-6-5-7-20(21)23/h5-8,13H,9-12,14H2,1-4H3. The van der Waals surface area contributed by atoms with Gasteiger partial charge in [0.1, 0.15) is 5.82 Å². The summed E-state index contributed by atoms with van der Waals surface area (Å²) < 4.78 is 14.0. The molecule has 0 atom stereocenters. The van der Waals surface area contributed by atoms with E-state index in [1.54, 1.807) is 13.0 Å². The van der Waals surface area contributed by atoms with E-state index in [0.717, 1.165) is 49.4 Å². The highest BCUT2D eigenvalue weighted by Crippen LogP contribution is 2.26. The van der Waals surface area contributed by atoms with Crippen LogP contribution in [0.4, 0.5) is 10.1 Å². The van der Waals surface area contributed by atoms with Gasteiger partial charge in [0.15, 0.2) is 5.78 Å². The smallest absolute Gasteiger partial charge is 0.160 e. The molecule has 0 saturated carbocycles. The molecule has 1 fully saturated rings. The van der Waals surface area contributed by atoms with Crippen molar-refractivity contribution >= 4 is 11.5 Å². The first kappa shape index (κ1) is 18.6. The Bertz CT molecular complexity index is 823. The molecule has 0 radical (unpaired) electrons. The summed E-state index contributed by atoms with van der Waals surface area (Å²) in [7, 11) is 0. The Labute approximate surface area is 155 Å². The summed E-state index contributed by atoms with van der Waals surface area (Å²) in [5.41, 5.74) is 6.19. The van der Waals surface area contributed by atoms with Crippen molar-refractivity contribution in [2.75, 3.05) is 31.1 Å². The lowest BCUT2D eigenvalue weighted by atomic mass is 9.91. The zero-order chi connectivity index (χ0) is 18.8. The number of carbonyl (C=O) groups excluding carboxylic acids is 1. The quantitative estimate of drug-likeness (QED) is 0.766. The minimum atomic E-state index is -0.155.